The molecule has 1 aromatic rings. The number of benzene rings is 1. The number of piperidine rings is 1. The van der Waals surface area contributed by atoms with Crippen LogP contribution < -0.4 is 14.2 Å². The lowest BCUT2D eigenvalue weighted by Crippen LogP contribution is -2.51. The largest absolute Gasteiger partial charge is 0.493 e. The van der Waals surface area contributed by atoms with Crippen LogP contribution in [0.4, 0.5) is 0 Å². The first kappa shape index (κ1) is 29.6. The van der Waals surface area contributed by atoms with Crippen LogP contribution in [0.1, 0.15) is 62.8 Å². The molecule has 1 saturated carbocycles. The number of carbonyl (C=O) groups excluding carboxylic acids is 2. The van der Waals surface area contributed by atoms with E-state index >= 15 is 0 Å². The lowest BCUT2D eigenvalue weighted by atomic mass is 9.75. The van der Waals surface area contributed by atoms with Crippen molar-refractivity contribution in [2.75, 3.05) is 47.2 Å². The van der Waals surface area contributed by atoms with Gasteiger partial charge in [-0.3, -0.25) is 4.79 Å². The van der Waals surface area contributed by atoms with Gasteiger partial charge in [-0.25, -0.2) is 4.79 Å². The summed E-state index contributed by atoms with van der Waals surface area (Å²) in [7, 11) is 3.15. The molecule has 0 bridgehead atoms. The third-order valence-corrected chi connectivity index (χ3v) is 7.34. The van der Waals surface area contributed by atoms with Gasteiger partial charge in [0, 0.05) is 6.54 Å². The van der Waals surface area contributed by atoms with Crippen LogP contribution in [-0.4, -0.2) is 70.0 Å². The van der Waals surface area contributed by atoms with E-state index in [4.69, 9.17) is 23.7 Å². The van der Waals surface area contributed by atoms with Crippen molar-refractivity contribution >= 4 is 11.9 Å². The van der Waals surface area contributed by atoms with Gasteiger partial charge in [-0.1, -0.05) is 38.0 Å². The number of esters is 1. The summed E-state index contributed by atoms with van der Waals surface area (Å²) in [5.41, 5.74) is 0.814. The average molecular weight is 530 g/mol. The number of rotatable bonds is 14. The van der Waals surface area contributed by atoms with Crippen LogP contribution in [0.15, 0.2) is 37.4 Å². The van der Waals surface area contributed by atoms with Gasteiger partial charge in [0.25, 0.3) is 0 Å². The third kappa shape index (κ3) is 7.53. The maximum absolute atomic E-state index is 14.3. The predicted molar refractivity (Wildman–Crippen MR) is 146 cm³/mol. The Balaban J connectivity index is 1.94. The normalized spacial score (nSPS) is 18.8. The zero-order chi connectivity index (χ0) is 27.3. The summed E-state index contributed by atoms with van der Waals surface area (Å²) in [4.78, 5) is 28.9. The Morgan fingerprint density at radius 1 is 0.947 bits per heavy atom. The molecular formula is C30H43NO7. The summed E-state index contributed by atoms with van der Waals surface area (Å²) >= 11 is 0. The second kappa shape index (κ2) is 15.4. The molecule has 8 heteroatoms. The van der Waals surface area contributed by atoms with Crippen LogP contribution in [-0.2, 0) is 19.1 Å². The zero-order valence-corrected chi connectivity index (χ0v) is 23.0. The van der Waals surface area contributed by atoms with Gasteiger partial charge in [0.1, 0.15) is 19.3 Å². The van der Waals surface area contributed by atoms with Gasteiger partial charge < -0.3 is 28.6 Å². The molecule has 1 aliphatic heterocycles. The molecule has 1 saturated heterocycles. The van der Waals surface area contributed by atoms with Crippen molar-refractivity contribution in [1.29, 1.82) is 0 Å². The fourth-order valence-electron chi connectivity index (χ4n) is 5.53. The molecule has 2 aliphatic rings. The molecule has 0 unspecified atom stereocenters. The van der Waals surface area contributed by atoms with Gasteiger partial charge in [0.15, 0.2) is 11.5 Å². The molecule has 0 aromatic heterocycles. The Morgan fingerprint density at radius 3 is 2.24 bits per heavy atom. The van der Waals surface area contributed by atoms with Gasteiger partial charge in [0.05, 0.1) is 33.4 Å². The third-order valence-electron chi connectivity index (χ3n) is 7.34. The maximum Gasteiger partial charge on any atom is 0.329 e. The number of hydrogen-bond acceptors (Lipinski definition) is 7. The van der Waals surface area contributed by atoms with Crippen LogP contribution in [0.5, 0.6) is 17.2 Å². The number of nitrogens with zero attached hydrogens (tertiary/aromatic N) is 1. The molecule has 2 fully saturated rings. The number of hydrogen-bond donors (Lipinski definition) is 0. The molecular weight excluding hydrogens is 486 g/mol. The Morgan fingerprint density at radius 2 is 1.61 bits per heavy atom. The number of carbonyl (C=O) groups is 2. The first-order valence-electron chi connectivity index (χ1n) is 13.7. The van der Waals surface area contributed by atoms with Gasteiger partial charge in [-0.15, -0.1) is 6.58 Å². The number of methoxy groups -OCH3 is 2. The fraction of sp³-hybridized carbons (Fsp3) is 0.600. The molecule has 1 heterocycles. The van der Waals surface area contributed by atoms with Crippen LogP contribution in [0, 0.1) is 5.92 Å². The van der Waals surface area contributed by atoms with E-state index in [1.807, 2.05) is 12.1 Å². The Bertz CT molecular complexity index is 916. The standard InChI is InChI=1S/C30H43NO7/c1-5-16-36-18-19-37-28-25(34-3)20-23(21-26(28)35-4)27(22-12-8-7-9-13-22)29(32)31-15-11-10-14-24(31)30(33)38-17-6-2/h5-6,20-22,24,27H,1-2,7-19H2,3-4H3/t24-,27-/m0/s1. The highest BCUT2D eigenvalue weighted by molar-refractivity contribution is 5.89. The van der Waals surface area contributed by atoms with Crippen molar-refractivity contribution in [3.8, 4) is 17.2 Å². The van der Waals surface area contributed by atoms with Crippen molar-refractivity contribution in [3.63, 3.8) is 0 Å². The first-order chi connectivity index (χ1) is 18.5. The van der Waals surface area contributed by atoms with E-state index in [2.05, 4.69) is 13.2 Å². The lowest BCUT2D eigenvalue weighted by molar-refractivity contribution is -0.157. The van der Waals surface area contributed by atoms with Gasteiger partial charge >= 0.3 is 5.97 Å². The summed E-state index contributed by atoms with van der Waals surface area (Å²) in [6.07, 6.45) is 10.8. The van der Waals surface area contributed by atoms with E-state index in [1.165, 1.54) is 6.42 Å². The number of amides is 1. The van der Waals surface area contributed by atoms with E-state index in [-0.39, 0.29) is 24.4 Å². The second-order valence-electron chi connectivity index (χ2n) is 9.80. The summed E-state index contributed by atoms with van der Waals surface area (Å²) in [5, 5.41) is 0. The van der Waals surface area contributed by atoms with Crippen molar-refractivity contribution in [2.24, 2.45) is 5.92 Å². The molecule has 0 N–H and O–H groups in total. The first-order valence-corrected chi connectivity index (χ1v) is 13.7. The smallest absolute Gasteiger partial charge is 0.329 e. The molecule has 0 spiro atoms. The van der Waals surface area contributed by atoms with Crippen LogP contribution in [0.25, 0.3) is 0 Å². The van der Waals surface area contributed by atoms with Crippen molar-refractivity contribution in [3.05, 3.63) is 43.0 Å². The van der Waals surface area contributed by atoms with Crippen LogP contribution in [0.2, 0.25) is 0 Å². The zero-order valence-electron chi connectivity index (χ0n) is 23.0. The SMILES string of the molecule is C=CCOCCOc1c(OC)cc([C@@H](C(=O)N2CCCC[C@H]2C(=O)OCC=C)C2CCCCC2)cc1OC. The minimum Gasteiger partial charge on any atom is -0.493 e. The Hall–Kier alpha value is -3.00. The fourth-order valence-corrected chi connectivity index (χ4v) is 5.53. The molecule has 8 nitrogen and oxygen atoms in total. The van der Waals surface area contributed by atoms with Crippen molar-refractivity contribution < 1.29 is 33.3 Å². The Kier molecular flexibility index (Phi) is 12.0. The van der Waals surface area contributed by atoms with E-state index in [0.717, 1.165) is 44.1 Å². The summed E-state index contributed by atoms with van der Waals surface area (Å²) in [6, 6.07) is 3.19. The highest BCUT2D eigenvalue weighted by atomic mass is 16.6. The molecule has 1 amide bonds. The average Bonchev–Trinajstić information content (AvgIpc) is 2.96. The molecule has 38 heavy (non-hydrogen) atoms. The molecule has 3 rings (SSSR count). The molecule has 1 aliphatic carbocycles. The summed E-state index contributed by atoms with van der Waals surface area (Å²) in [6.45, 7) is 9.10. The van der Waals surface area contributed by atoms with Gasteiger partial charge in [-0.2, -0.15) is 0 Å². The maximum atomic E-state index is 14.3. The highest BCUT2D eigenvalue weighted by Crippen LogP contribution is 2.45. The predicted octanol–water partition coefficient (Wildman–Crippen LogP) is 5.06. The summed E-state index contributed by atoms with van der Waals surface area (Å²) < 4.78 is 28.2. The lowest BCUT2D eigenvalue weighted by Gasteiger charge is -2.39. The molecule has 1 aromatic carbocycles. The quantitative estimate of drug-likeness (QED) is 0.189. The molecule has 210 valence electrons. The number of likely N-dealkylation sites (tertiary alicyclic amines) is 1. The highest BCUT2D eigenvalue weighted by Gasteiger charge is 2.40. The van der Waals surface area contributed by atoms with E-state index < -0.39 is 12.0 Å². The van der Waals surface area contributed by atoms with Crippen molar-refractivity contribution in [1.82, 2.24) is 4.90 Å². The summed E-state index contributed by atoms with van der Waals surface area (Å²) in [5.74, 6) is 0.812. The molecule has 0 radical (unpaired) electrons. The van der Waals surface area contributed by atoms with Crippen LogP contribution in [0.3, 0.4) is 0 Å². The van der Waals surface area contributed by atoms with Gasteiger partial charge in [0.2, 0.25) is 11.7 Å². The number of ether oxygens (including phenoxy) is 5. The second-order valence-corrected chi connectivity index (χ2v) is 9.80. The molecule has 2 atom stereocenters. The minimum atomic E-state index is -0.579. The van der Waals surface area contributed by atoms with Gasteiger partial charge in [-0.05, 0) is 55.7 Å². The van der Waals surface area contributed by atoms with E-state index in [0.29, 0.717) is 50.0 Å². The van der Waals surface area contributed by atoms with Crippen LogP contribution >= 0.6 is 0 Å². The monoisotopic (exact) mass is 529 g/mol. The van der Waals surface area contributed by atoms with E-state index in [1.54, 1.807) is 31.3 Å². The van der Waals surface area contributed by atoms with Crippen molar-refractivity contribution in [2.45, 2.75) is 63.3 Å². The minimum absolute atomic E-state index is 0.0345. The topological polar surface area (TPSA) is 83.5 Å². The van der Waals surface area contributed by atoms with E-state index in [9.17, 15) is 9.59 Å². The Labute approximate surface area is 226 Å².